The number of nitrogens with two attached hydrogens (primary N) is 1. The van der Waals surface area contributed by atoms with Crippen LogP contribution in [0.5, 0.6) is 0 Å². The van der Waals surface area contributed by atoms with Crippen molar-refractivity contribution in [1.82, 2.24) is 0 Å². The topological polar surface area (TPSA) is 268 Å². The van der Waals surface area contributed by atoms with Crippen molar-refractivity contribution in [3.05, 3.63) is 0 Å². The first-order valence-corrected chi connectivity index (χ1v) is 17.3. The van der Waals surface area contributed by atoms with E-state index in [9.17, 15) is 49.2 Å². The van der Waals surface area contributed by atoms with E-state index in [4.69, 9.17) is 25.4 Å². The normalized spacial score (nSPS) is 17.0. The van der Waals surface area contributed by atoms with E-state index in [0.717, 1.165) is 32.1 Å². The molecule has 0 fully saturated rings. The SMILES string of the molecule is CCCC[C@@H](C)[C@@H](OC(=O)CC(CC(=O)O)C(=O)O)[C@H](C[C@@H](C)C[C@H](O)CCCCCC[C@@H](O)[C@H](C)N)OC(=O)CC(CC(=O)O)C(=O)O. The van der Waals surface area contributed by atoms with Crippen LogP contribution in [-0.2, 0) is 38.2 Å². The Morgan fingerprint density at radius 1 is 0.633 bits per heavy atom. The maximum Gasteiger partial charge on any atom is 0.307 e. The lowest BCUT2D eigenvalue weighted by Gasteiger charge is -2.33. The van der Waals surface area contributed by atoms with Crippen molar-refractivity contribution in [2.75, 3.05) is 0 Å². The van der Waals surface area contributed by atoms with Crippen molar-refractivity contribution in [1.29, 1.82) is 0 Å². The molecule has 15 heteroatoms. The van der Waals surface area contributed by atoms with E-state index in [1.165, 1.54) is 0 Å². The molecular formula is C34H59NO14. The van der Waals surface area contributed by atoms with Crippen LogP contribution >= 0.6 is 0 Å². The molecule has 0 heterocycles. The molecule has 0 aromatic rings. The van der Waals surface area contributed by atoms with Crippen molar-refractivity contribution in [3.8, 4) is 0 Å². The molecule has 0 rings (SSSR count). The number of ether oxygens (including phenoxy) is 2. The Bertz CT molecular complexity index is 1030. The predicted molar refractivity (Wildman–Crippen MR) is 176 cm³/mol. The van der Waals surface area contributed by atoms with E-state index in [1.807, 2.05) is 6.92 Å². The number of unbranched alkanes of at least 4 members (excludes halogenated alkanes) is 4. The highest BCUT2D eigenvalue weighted by Gasteiger charge is 2.37. The van der Waals surface area contributed by atoms with Crippen LogP contribution in [0, 0.1) is 23.7 Å². The first kappa shape index (κ1) is 45.7. The lowest BCUT2D eigenvalue weighted by molar-refractivity contribution is -0.177. The third kappa shape index (κ3) is 21.4. The first-order valence-electron chi connectivity index (χ1n) is 17.3. The van der Waals surface area contributed by atoms with Crippen LogP contribution in [0.15, 0.2) is 0 Å². The smallest absolute Gasteiger partial charge is 0.307 e. The summed E-state index contributed by atoms with van der Waals surface area (Å²) in [6.07, 6.45) is -0.0465. The molecule has 284 valence electrons. The van der Waals surface area contributed by atoms with Gasteiger partial charge in [0.25, 0.3) is 0 Å². The molecule has 8 N–H and O–H groups in total. The van der Waals surface area contributed by atoms with Crippen molar-refractivity contribution in [2.24, 2.45) is 29.4 Å². The van der Waals surface area contributed by atoms with Gasteiger partial charge in [-0.25, -0.2) is 0 Å². The van der Waals surface area contributed by atoms with Gasteiger partial charge in [-0.15, -0.1) is 0 Å². The number of aliphatic carboxylic acids is 4. The van der Waals surface area contributed by atoms with E-state index < -0.39 is 104 Å². The van der Waals surface area contributed by atoms with Gasteiger partial charge in [0.15, 0.2) is 0 Å². The minimum atomic E-state index is -1.57. The average molecular weight is 706 g/mol. The Hall–Kier alpha value is -3.30. The van der Waals surface area contributed by atoms with Crippen molar-refractivity contribution < 1.29 is 68.9 Å². The van der Waals surface area contributed by atoms with Crippen molar-refractivity contribution in [2.45, 2.75) is 154 Å². The molecule has 0 aliphatic rings. The highest BCUT2D eigenvalue weighted by atomic mass is 16.6. The van der Waals surface area contributed by atoms with Gasteiger partial charge in [-0.2, -0.15) is 0 Å². The molecule has 0 spiro atoms. The first-order chi connectivity index (χ1) is 22.9. The second-order valence-electron chi connectivity index (χ2n) is 13.4. The number of hydrogen-bond donors (Lipinski definition) is 7. The maximum atomic E-state index is 13.0. The number of carboxylic acids is 4. The van der Waals surface area contributed by atoms with Gasteiger partial charge in [-0.05, 0) is 50.9 Å². The van der Waals surface area contributed by atoms with Crippen LogP contribution in [-0.4, -0.2) is 96.9 Å². The summed E-state index contributed by atoms with van der Waals surface area (Å²) in [5, 5.41) is 57.6. The van der Waals surface area contributed by atoms with Crippen molar-refractivity contribution in [3.63, 3.8) is 0 Å². The number of carbonyl (C=O) groups is 6. The summed E-state index contributed by atoms with van der Waals surface area (Å²) < 4.78 is 11.4. The zero-order chi connectivity index (χ0) is 37.7. The lowest BCUT2D eigenvalue weighted by Crippen LogP contribution is -2.42. The fourth-order valence-electron chi connectivity index (χ4n) is 5.66. The summed E-state index contributed by atoms with van der Waals surface area (Å²) >= 11 is 0. The van der Waals surface area contributed by atoms with Gasteiger partial charge >= 0.3 is 35.8 Å². The Morgan fingerprint density at radius 2 is 1.12 bits per heavy atom. The summed E-state index contributed by atoms with van der Waals surface area (Å²) in [7, 11) is 0. The molecule has 0 aromatic carbocycles. The summed E-state index contributed by atoms with van der Waals surface area (Å²) in [6.45, 7) is 7.23. The quantitative estimate of drug-likeness (QED) is 0.0433. The molecule has 0 saturated carbocycles. The molecule has 49 heavy (non-hydrogen) atoms. The third-order valence-corrected chi connectivity index (χ3v) is 8.56. The van der Waals surface area contributed by atoms with Gasteiger partial charge < -0.3 is 45.8 Å². The van der Waals surface area contributed by atoms with Gasteiger partial charge in [0.2, 0.25) is 0 Å². The number of carbonyl (C=O) groups excluding carboxylic acids is 2. The average Bonchev–Trinajstić information content (AvgIpc) is 2.98. The largest absolute Gasteiger partial charge is 0.481 e. The number of carboxylic acid groups (broad SMARTS) is 4. The molecule has 0 bridgehead atoms. The fraction of sp³-hybridized carbons (Fsp3) is 0.824. The van der Waals surface area contributed by atoms with E-state index in [-0.39, 0.29) is 24.8 Å². The monoisotopic (exact) mass is 705 g/mol. The second-order valence-corrected chi connectivity index (χ2v) is 13.4. The Labute approximate surface area is 288 Å². The zero-order valence-corrected chi connectivity index (χ0v) is 29.3. The highest BCUT2D eigenvalue weighted by molar-refractivity contribution is 5.83. The van der Waals surface area contributed by atoms with Crippen LogP contribution in [0.2, 0.25) is 0 Å². The van der Waals surface area contributed by atoms with E-state index in [1.54, 1.807) is 20.8 Å². The van der Waals surface area contributed by atoms with Crippen LogP contribution < -0.4 is 5.73 Å². The standard InChI is InChI=1S/C34H59NO14/c1-5-6-11-21(3)32(49-31(43)19-24(34(46)47)17-29(40)41)27(48-30(42)18-23(33(44)45)16-28(38)39)15-20(2)14-25(36)12-9-7-8-10-13-26(37)22(4)35/h20-27,32,36-37H,5-19,35H2,1-4H3,(H,38,39)(H,40,41)(H,44,45)(H,46,47)/t20-,21+,22-,23?,24?,25+,26+,27-,32+/m0/s1. The molecular weight excluding hydrogens is 646 g/mol. The Balaban J connectivity index is 5.94. The van der Waals surface area contributed by atoms with Crippen LogP contribution in [0.4, 0.5) is 0 Å². The molecule has 9 atom stereocenters. The molecule has 0 amide bonds. The summed E-state index contributed by atoms with van der Waals surface area (Å²) in [4.78, 5) is 71.6. The number of rotatable bonds is 29. The number of aliphatic hydroxyl groups is 2. The van der Waals surface area contributed by atoms with Crippen LogP contribution in [0.1, 0.15) is 124 Å². The number of hydrogen-bond acceptors (Lipinski definition) is 11. The molecule has 2 unspecified atom stereocenters. The minimum Gasteiger partial charge on any atom is -0.481 e. The summed E-state index contributed by atoms with van der Waals surface area (Å²) in [5.41, 5.74) is 5.68. The number of aliphatic hydroxyl groups excluding tert-OH is 2. The molecule has 0 radical (unpaired) electrons. The Morgan fingerprint density at radius 3 is 1.57 bits per heavy atom. The molecule has 15 nitrogen and oxygen atoms in total. The summed E-state index contributed by atoms with van der Waals surface area (Å²) in [6, 6.07) is -0.300. The zero-order valence-electron chi connectivity index (χ0n) is 29.3. The van der Waals surface area contributed by atoms with Gasteiger partial charge in [0.05, 0.1) is 49.7 Å². The minimum absolute atomic E-state index is 0.0700. The predicted octanol–water partition coefficient (Wildman–Crippen LogP) is 3.59. The van der Waals surface area contributed by atoms with Gasteiger partial charge in [0, 0.05) is 6.04 Å². The summed E-state index contributed by atoms with van der Waals surface area (Å²) in [5.74, 6) is -11.8. The fourth-order valence-corrected chi connectivity index (χ4v) is 5.66. The van der Waals surface area contributed by atoms with Crippen LogP contribution in [0.3, 0.4) is 0 Å². The van der Waals surface area contributed by atoms with E-state index >= 15 is 0 Å². The second kappa shape index (κ2) is 24.8. The lowest BCUT2D eigenvalue weighted by atomic mass is 9.87. The van der Waals surface area contributed by atoms with E-state index in [2.05, 4.69) is 0 Å². The maximum absolute atomic E-state index is 13.0. The van der Waals surface area contributed by atoms with Gasteiger partial charge in [-0.3, -0.25) is 28.8 Å². The molecule has 0 aliphatic carbocycles. The Kier molecular flexibility index (Phi) is 23.1. The molecule has 0 aromatic heterocycles. The van der Waals surface area contributed by atoms with Gasteiger partial charge in [-0.1, -0.05) is 59.3 Å². The van der Waals surface area contributed by atoms with Gasteiger partial charge in [0.1, 0.15) is 12.2 Å². The molecule has 0 saturated heterocycles. The van der Waals surface area contributed by atoms with E-state index in [0.29, 0.717) is 25.7 Å². The highest BCUT2D eigenvalue weighted by Crippen LogP contribution is 2.29. The number of esters is 2. The van der Waals surface area contributed by atoms with Crippen molar-refractivity contribution >= 4 is 35.8 Å². The van der Waals surface area contributed by atoms with Crippen LogP contribution in [0.25, 0.3) is 0 Å². The third-order valence-electron chi connectivity index (χ3n) is 8.56. The molecule has 0 aliphatic heterocycles.